The number of nitrogens with zero attached hydrogens (tertiary/aromatic N) is 3. The number of hydrogen-bond acceptors (Lipinski definition) is 6. The van der Waals surface area contributed by atoms with Crippen molar-refractivity contribution >= 4 is 22.4 Å². The van der Waals surface area contributed by atoms with Crippen LogP contribution in [0.3, 0.4) is 0 Å². The van der Waals surface area contributed by atoms with Crippen LogP contribution in [0.25, 0.3) is 10.6 Å². The first-order valence-corrected chi connectivity index (χ1v) is 7.88. The summed E-state index contributed by atoms with van der Waals surface area (Å²) in [7, 11) is 3.34. The van der Waals surface area contributed by atoms with E-state index in [0.717, 1.165) is 29.2 Å². The molecule has 1 fully saturated rings. The third kappa shape index (κ3) is 2.95. The fourth-order valence-electron chi connectivity index (χ4n) is 2.28. The number of rotatable bonds is 4. The van der Waals surface area contributed by atoms with E-state index in [1.165, 1.54) is 16.2 Å². The molecule has 0 aliphatic carbocycles. The summed E-state index contributed by atoms with van der Waals surface area (Å²) in [6.45, 7) is 0.650. The first-order chi connectivity index (χ1) is 10.7. The lowest BCUT2D eigenvalue weighted by Gasteiger charge is -2.16. The Morgan fingerprint density at radius 1 is 1.36 bits per heavy atom. The minimum Gasteiger partial charge on any atom is -0.497 e. The second kappa shape index (κ2) is 6.41. The van der Waals surface area contributed by atoms with Gasteiger partial charge in [0.05, 0.1) is 7.11 Å². The number of anilines is 1. The molecule has 0 radical (unpaired) electrons. The second-order valence-electron chi connectivity index (χ2n) is 5.02. The van der Waals surface area contributed by atoms with Crippen LogP contribution in [0.15, 0.2) is 24.3 Å². The van der Waals surface area contributed by atoms with Gasteiger partial charge in [-0.25, -0.2) is 0 Å². The summed E-state index contributed by atoms with van der Waals surface area (Å²) in [4.78, 5) is 13.8. The molecular weight excluding hydrogens is 302 g/mol. The van der Waals surface area contributed by atoms with Crippen LogP contribution in [0.4, 0.5) is 5.13 Å². The van der Waals surface area contributed by atoms with Gasteiger partial charge in [-0.2, -0.15) is 0 Å². The second-order valence-corrected chi connectivity index (χ2v) is 5.97. The topological polar surface area (TPSA) is 64.6 Å². The maximum absolute atomic E-state index is 12.3. The van der Waals surface area contributed by atoms with Gasteiger partial charge in [-0.3, -0.25) is 9.69 Å². The van der Waals surface area contributed by atoms with E-state index in [9.17, 15) is 4.79 Å². The molecule has 1 aromatic heterocycles. The zero-order valence-electron chi connectivity index (χ0n) is 12.5. The van der Waals surface area contributed by atoms with Crippen molar-refractivity contribution < 1.29 is 14.3 Å². The average Bonchev–Trinajstić information content (AvgIpc) is 3.25. The number of likely N-dealkylation sites (N-methyl/N-ethyl adjacent to an activating group) is 1. The average molecular weight is 319 g/mol. The zero-order chi connectivity index (χ0) is 15.5. The number of ether oxygens (including phenoxy) is 2. The molecule has 6 nitrogen and oxygen atoms in total. The van der Waals surface area contributed by atoms with Crippen molar-refractivity contribution in [3.05, 3.63) is 24.3 Å². The van der Waals surface area contributed by atoms with Crippen LogP contribution in [0.2, 0.25) is 0 Å². The van der Waals surface area contributed by atoms with Gasteiger partial charge in [-0.15, -0.1) is 10.2 Å². The molecule has 1 saturated heterocycles. The Bertz CT molecular complexity index is 650. The van der Waals surface area contributed by atoms with E-state index in [4.69, 9.17) is 9.47 Å². The molecular formula is C15H17N3O3S. The van der Waals surface area contributed by atoms with Crippen LogP contribution >= 0.6 is 11.3 Å². The third-order valence-electron chi connectivity index (χ3n) is 3.57. The molecule has 2 heterocycles. The molecule has 1 atom stereocenters. The molecule has 22 heavy (non-hydrogen) atoms. The van der Waals surface area contributed by atoms with Crippen LogP contribution in [0.1, 0.15) is 12.8 Å². The molecule has 0 saturated carbocycles. The van der Waals surface area contributed by atoms with E-state index in [-0.39, 0.29) is 12.0 Å². The van der Waals surface area contributed by atoms with E-state index in [0.29, 0.717) is 11.7 Å². The summed E-state index contributed by atoms with van der Waals surface area (Å²) in [6, 6.07) is 7.59. The lowest BCUT2D eigenvalue weighted by molar-refractivity contribution is -0.127. The number of amides is 1. The lowest BCUT2D eigenvalue weighted by Crippen LogP contribution is -2.35. The maximum Gasteiger partial charge on any atom is 0.257 e. The minimum absolute atomic E-state index is 0.0602. The van der Waals surface area contributed by atoms with Gasteiger partial charge < -0.3 is 9.47 Å². The number of aromatic nitrogens is 2. The van der Waals surface area contributed by atoms with E-state index in [2.05, 4.69) is 10.2 Å². The fourth-order valence-corrected chi connectivity index (χ4v) is 3.10. The number of benzene rings is 1. The number of carbonyl (C=O) groups excluding carboxylic acids is 1. The molecule has 0 unspecified atom stereocenters. The predicted molar refractivity (Wildman–Crippen MR) is 84.3 cm³/mol. The van der Waals surface area contributed by atoms with Crippen molar-refractivity contribution in [2.45, 2.75) is 18.9 Å². The summed E-state index contributed by atoms with van der Waals surface area (Å²) in [5.41, 5.74) is 0.947. The standard InChI is InChI=1S/C15H17N3O3S/c1-18(14(19)12-4-3-9-21-12)15-17-16-13(22-15)10-5-7-11(20-2)8-6-10/h5-8,12H,3-4,9H2,1-2H3/t12-/m1/s1. The Kier molecular flexibility index (Phi) is 4.35. The lowest BCUT2D eigenvalue weighted by atomic mass is 10.2. The first-order valence-electron chi connectivity index (χ1n) is 7.06. The normalized spacial score (nSPS) is 17.5. The van der Waals surface area contributed by atoms with Gasteiger partial charge in [0.2, 0.25) is 5.13 Å². The summed E-state index contributed by atoms with van der Waals surface area (Å²) >= 11 is 1.38. The van der Waals surface area contributed by atoms with Gasteiger partial charge in [-0.05, 0) is 37.1 Å². The van der Waals surface area contributed by atoms with Gasteiger partial charge in [0.15, 0.2) is 0 Å². The van der Waals surface area contributed by atoms with Crippen LogP contribution < -0.4 is 9.64 Å². The Morgan fingerprint density at radius 3 is 2.77 bits per heavy atom. The van der Waals surface area contributed by atoms with E-state index in [1.54, 1.807) is 14.2 Å². The van der Waals surface area contributed by atoms with Crippen molar-refractivity contribution in [2.24, 2.45) is 0 Å². The number of carbonyl (C=O) groups is 1. The summed E-state index contributed by atoms with van der Waals surface area (Å²) < 4.78 is 10.6. The maximum atomic E-state index is 12.3. The van der Waals surface area contributed by atoms with Gasteiger partial charge in [0.25, 0.3) is 5.91 Å². The molecule has 1 aliphatic rings. The highest BCUT2D eigenvalue weighted by Crippen LogP contribution is 2.30. The van der Waals surface area contributed by atoms with Crippen molar-refractivity contribution in [2.75, 3.05) is 25.7 Å². The molecule has 1 aliphatic heterocycles. The van der Waals surface area contributed by atoms with Gasteiger partial charge in [0.1, 0.15) is 16.9 Å². The van der Waals surface area contributed by atoms with Crippen molar-refractivity contribution in [3.8, 4) is 16.3 Å². The fraction of sp³-hybridized carbons (Fsp3) is 0.400. The Labute approximate surface area is 132 Å². The summed E-state index contributed by atoms with van der Waals surface area (Å²) in [5, 5.41) is 9.62. The summed E-state index contributed by atoms with van der Waals surface area (Å²) in [5.74, 6) is 0.731. The molecule has 3 rings (SSSR count). The van der Waals surface area contributed by atoms with E-state index < -0.39 is 0 Å². The van der Waals surface area contributed by atoms with E-state index in [1.807, 2.05) is 24.3 Å². The summed E-state index contributed by atoms with van der Waals surface area (Å²) in [6.07, 6.45) is 1.35. The highest BCUT2D eigenvalue weighted by molar-refractivity contribution is 7.18. The van der Waals surface area contributed by atoms with Crippen LogP contribution in [-0.2, 0) is 9.53 Å². The Morgan fingerprint density at radius 2 is 2.14 bits per heavy atom. The highest BCUT2D eigenvalue weighted by Gasteiger charge is 2.28. The number of methoxy groups -OCH3 is 1. The van der Waals surface area contributed by atoms with Gasteiger partial charge in [-0.1, -0.05) is 11.3 Å². The first kappa shape index (κ1) is 14.9. The highest BCUT2D eigenvalue weighted by atomic mass is 32.1. The molecule has 0 spiro atoms. The largest absolute Gasteiger partial charge is 0.497 e. The molecule has 0 N–H and O–H groups in total. The van der Waals surface area contributed by atoms with Crippen LogP contribution in [0.5, 0.6) is 5.75 Å². The predicted octanol–water partition coefficient (Wildman–Crippen LogP) is 2.36. The van der Waals surface area contributed by atoms with Crippen molar-refractivity contribution in [3.63, 3.8) is 0 Å². The number of hydrogen-bond donors (Lipinski definition) is 0. The van der Waals surface area contributed by atoms with Gasteiger partial charge in [0, 0.05) is 19.2 Å². The minimum atomic E-state index is -0.349. The van der Waals surface area contributed by atoms with Gasteiger partial charge >= 0.3 is 0 Å². The SMILES string of the molecule is COc1ccc(-c2nnc(N(C)C(=O)[C@H]3CCCO3)s2)cc1. The van der Waals surface area contributed by atoms with Crippen molar-refractivity contribution in [1.29, 1.82) is 0 Å². The van der Waals surface area contributed by atoms with Crippen LogP contribution in [-0.4, -0.2) is 43.0 Å². The molecule has 116 valence electrons. The molecule has 0 bridgehead atoms. The molecule has 2 aromatic rings. The molecule has 7 heteroatoms. The quantitative estimate of drug-likeness (QED) is 0.865. The monoisotopic (exact) mass is 319 g/mol. The molecule has 1 aromatic carbocycles. The Hall–Kier alpha value is -1.99. The Balaban J connectivity index is 1.75. The van der Waals surface area contributed by atoms with E-state index >= 15 is 0 Å². The van der Waals surface area contributed by atoms with Crippen molar-refractivity contribution in [1.82, 2.24) is 10.2 Å². The smallest absolute Gasteiger partial charge is 0.257 e. The zero-order valence-corrected chi connectivity index (χ0v) is 13.3. The third-order valence-corrected chi connectivity index (χ3v) is 4.62. The van der Waals surface area contributed by atoms with Crippen LogP contribution in [0, 0.1) is 0 Å². The molecule has 1 amide bonds.